The third-order valence-corrected chi connectivity index (χ3v) is 2.37. The van der Waals surface area contributed by atoms with Crippen LogP contribution in [0.5, 0.6) is 0 Å². The molecular weight excluding hydrogens is 148 g/mol. The van der Waals surface area contributed by atoms with E-state index in [2.05, 4.69) is 42.0 Å². The van der Waals surface area contributed by atoms with Gasteiger partial charge in [0.2, 0.25) is 0 Å². The Morgan fingerprint density at radius 2 is 1.67 bits per heavy atom. The van der Waals surface area contributed by atoms with Gasteiger partial charge in [-0.25, -0.2) is 0 Å². The molecule has 1 aliphatic rings. The van der Waals surface area contributed by atoms with Crippen molar-refractivity contribution in [1.29, 1.82) is 0 Å². The molecule has 1 fully saturated rings. The minimum atomic E-state index is 0.644. The first-order valence-electron chi connectivity index (χ1n) is 4.38. The summed E-state index contributed by atoms with van der Waals surface area (Å²) in [5, 5.41) is 0. The summed E-state index contributed by atoms with van der Waals surface area (Å²) in [6.45, 7) is 4.21. The molecule has 1 aromatic carbocycles. The van der Waals surface area contributed by atoms with Crippen LogP contribution in [0.1, 0.15) is 17.0 Å². The van der Waals surface area contributed by atoms with Crippen molar-refractivity contribution < 1.29 is 0 Å². The standard InChI is InChI=1S/C10H14N2/c1-8-2-4-9(5-3-8)10-6-11-12-7-10/h2-5,10-12H,6-7H2,1H3. The largest absolute Gasteiger partial charge is 0.257 e. The van der Waals surface area contributed by atoms with E-state index in [1.54, 1.807) is 0 Å². The smallest absolute Gasteiger partial charge is 0.0181 e. The molecule has 2 N–H and O–H groups in total. The van der Waals surface area contributed by atoms with Gasteiger partial charge in [-0.3, -0.25) is 10.9 Å². The van der Waals surface area contributed by atoms with Gasteiger partial charge in [0.25, 0.3) is 0 Å². The minimum absolute atomic E-state index is 0.644. The summed E-state index contributed by atoms with van der Waals surface area (Å²) < 4.78 is 0. The summed E-state index contributed by atoms with van der Waals surface area (Å²) in [6.07, 6.45) is 0. The Hall–Kier alpha value is -0.860. The predicted octanol–water partition coefficient (Wildman–Crippen LogP) is 1.19. The van der Waals surface area contributed by atoms with Crippen molar-refractivity contribution in [2.45, 2.75) is 12.8 Å². The van der Waals surface area contributed by atoms with E-state index >= 15 is 0 Å². The predicted molar refractivity (Wildman–Crippen MR) is 49.9 cm³/mol. The molecule has 64 valence electrons. The van der Waals surface area contributed by atoms with Gasteiger partial charge in [-0.1, -0.05) is 29.8 Å². The van der Waals surface area contributed by atoms with Gasteiger partial charge in [-0.05, 0) is 12.5 Å². The van der Waals surface area contributed by atoms with Crippen LogP contribution in [0.3, 0.4) is 0 Å². The number of aryl methyl sites for hydroxylation is 1. The van der Waals surface area contributed by atoms with Crippen LogP contribution < -0.4 is 10.9 Å². The second-order valence-electron chi connectivity index (χ2n) is 3.37. The highest BCUT2D eigenvalue weighted by atomic mass is 15.4. The molecule has 1 aliphatic heterocycles. The van der Waals surface area contributed by atoms with Crippen molar-refractivity contribution in [2.24, 2.45) is 0 Å². The van der Waals surface area contributed by atoms with Gasteiger partial charge in [0.05, 0.1) is 0 Å². The van der Waals surface area contributed by atoms with Crippen LogP contribution in [0, 0.1) is 6.92 Å². The number of hydrogen-bond donors (Lipinski definition) is 2. The Morgan fingerprint density at radius 1 is 1.08 bits per heavy atom. The normalized spacial score (nSPS) is 18.4. The number of hydrogen-bond acceptors (Lipinski definition) is 2. The fourth-order valence-electron chi connectivity index (χ4n) is 1.54. The molecule has 0 amide bonds. The van der Waals surface area contributed by atoms with Crippen LogP contribution in [0.15, 0.2) is 24.3 Å². The zero-order valence-electron chi connectivity index (χ0n) is 7.30. The van der Waals surface area contributed by atoms with E-state index in [-0.39, 0.29) is 0 Å². The molecule has 0 unspecified atom stereocenters. The summed E-state index contributed by atoms with van der Waals surface area (Å²) >= 11 is 0. The molecule has 2 nitrogen and oxygen atoms in total. The van der Waals surface area contributed by atoms with Gasteiger partial charge < -0.3 is 0 Å². The molecule has 0 saturated carbocycles. The van der Waals surface area contributed by atoms with E-state index < -0.39 is 0 Å². The van der Waals surface area contributed by atoms with Crippen LogP contribution in [0.25, 0.3) is 0 Å². The molecule has 1 heterocycles. The van der Waals surface area contributed by atoms with Gasteiger partial charge in [-0.2, -0.15) is 0 Å². The highest BCUT2D eigenvalue weighted by Gasteiger charge is 2.15. The number of benzene rings is 1. The van der Waals surface area contributed by atoms with Gasteiger partial charge in [0, 0.05) is 19.0 Å². The SMILES string of the molecule is Cc1ccc(C2CNNC2)cc1. The van der Waals surface area contributed by atoms with E-state index in [1.165, 1.54) is 11.1 Å². The van der Waals surface area contributed by atoms with E-state index in [4.69, 9.17) is 0 Å². The highest BCUT2D eigenvalue weighted by Crippen LogP contribution is 2.16. The Kier molecular flexibility index (Phi) is 2.11. The Bertz CT molecular complexity index is 247. The first-order chi connectivity index (χ1) is 5.86. The lowest BCUT2D eigenvalue weighted by molar-refractivity contribution is 0.689. The molecule has 0 spiro atoms. The molecule has 0 bridgehead atoms. The highest BCUT2D eigenvalue weighted by molar-refractivity contribution is 5.25. The van der Waals surface area contributed by atoms with Crippen molar-refractivity contribution in [2.75, 3.05) is 13.1 Å². The lowest BCUT2D eigenvalue weighted by Crippen LogP contribution is -2.21. The first kappa shape index (κ1) is 7.77. The summed E-state index contributed by atoms with van der Waals surface area (Å²) in [5.74, 6) is 0.644. The zero-order valence-corrected chi connectivity index (χ0v) is 7.30. The molecule has 0 aromatic heterocycles. The van der Waals surface area contributed by atoms with Gasteiger partial charge in [-0.15, -0.1) is 0 Å². The summed E-state index contributed by atoms with van der Waals surface area (Å²) in [6, 6.07) is 8.78. The maximum Gasteiger partial charge on any atom is 0.0181 e. The number of nitrogens with one attached hydrogen (secondary N) is 2. The van der Waals surface area contributed by atoms with Crippen LogP contribution in [0.2, 0.25) is 0 Å². The molecular formula is C10H14N2. The molecule has 2 rings (SSSR count). The molecule has 0 atom stereocenters. The lowest BCUT2D eigenvalue weighted by atomic mass is 9.99. The van der Waals surface area contributed by atoms with Gasteiger partial charge >= 0.3 is 0 Å². The Labute approximate surface area is 73.0 Å². The second kappa shape index (κ2) is 3.25. The van der Waals surface area contributed by atoms with Gasteiger partial charge in [0.1, 0.15) is 0 Å². The van der Waals surface area contributed by atoms with Crippen molar-refractivity contribution in [3.8, 4) is 0 Å². The molecule has 0 aliphatic carbocycles. The fraction of sp³-hybridized carbons (Fsp3) is 0.400. The topological polar surface area (TPSA) is 24.1 Å². The average Bonchev–Trinajstić information content (AvgIpc) is 2.58. The number of hydrazine groups is 1. The van der Waals surface area contributed by atoms with Crippen LogP contribution in [-0.2, 0) is 0 Å². The molecule has 12 heavy (non-hydrogen) atoms. The molecule has 0 radical (unpaired) electrons. The van der Waals surface area contributed by atoms with Gasteiger partial charge in [0.15, 0.2) is 0 Å². The first-order valence-corrected chi connectivity index (χ1v) is 4.38. The van der Waals surface area contributed by atoms with Crippen molar-refractivity contribution in [3.05, 3.63) is 35.4 Å². The third kappa shape index (κ3) is 1.49. The molecule has 2 heteroatoms. The van der Waals surface area contributed by atoms with E-state index in [0.29, 0.717) is 5.92 Å². The maximum absolute atomic E-state index is 3.14. The Balaban J connectivity index is 2.17. The average molecular weight is 162 g/mol. The zero-order chi connectivity index (χ0) is 8.39. The quantitative estimate of drug-likeness (QED) is 0.648. The van der Waals surface area contributed by atoms with Crippen LogP contribution in [-0.4, -0.2) is 13.1 Å². The lowest BCUT2D eigenvalue weighted by Gasteiger charge is -2.07. The van der Waals surface area contributed by atoms with Crippen molar-refractivity contribution >= 4 is 0 Å². The van der Waals surface area contributed by atoms with E-state index in [0.717, 1.165) is 13.1 Å². The second-order valence-corrected chi connectivity index (χ2v) is 3.37. The monoisotopic (exact) mass is 162 g/mol. The summed E-state index contributed by atoms with van der Waals surface area (Å²) in [5.41, 5.74) is 9.03. The third-order valence-electron chi connectivity index (χ3n) is 2.37. The maximum atomic E-state index is 3.14. The number of rotatable bonds is 1. The Morgan fingerprint density at radius 3 is 2.25 bits per heavy atom. The minimum Gasteiger partial charge on any atom is -0.257 e. The molecule has 1 saturated heterocycles. The molecule has 1 aromatic rings. The summed E-state index contributed by atoms with van der Waals surface area (Å²) in [7, 11) is 0. The fourth-order valence-corrected chi connectivity index (χ4v) is 1.54. The van der Waals surface area contributed by atoms with Crippen molar-refractivity contribution in [1.82, 2.24) is 10.9 Å². The van der Waals surface area contributed by atoms with Crippen LogP contribution in [0.4, 0.5) is 0 Å². The van der Waals surface area contributed by atoms with E-state index in [9.17, 15) is 0 Å². The summed E-state index contributed by atoms with van der Waals surface area (Å²) in [4.78, 5) is 0. The van der Waals surface area contributed by atoms with E-state index in [1.807, 2.05) is 0 Å². The van der Waals surface area contributed by atoms with Crippen molar-refractivity contribution in [3.63, 3.8) is 0 Å². The van der Waals surface area contributed by atoms with Crippen LogP contribution >= 0.6 is 0 Å².